The van der Waals surface area contributed by atoms with Crippen molar-refractivity contribution in [1.82, 2.24) is 9.97 Å². The Balaban J connectivity index is 2.71. The quantitative estimate of drug-likeness (QED) is 0.789. The fraction of sp³-hybridized carbons (Fsp3) is 0.556. The first-order valence-electron chi connectivity index (χ1n) is 4.57. The Morgan fingerprint density at radius 2 is 2.29 bits per heavy atom. The molecule has 1 aromatic rings. The Morgan fingerprint density at radius 3 is 2.93 bits per heavy atom. The lowest BCUT2D eigenvalue weighted by atomic mass is 10.2. The topological polar surface area (TPSA) is 37.8 Å². The lowest BCUT2D eigenvalue weighted by Gasteiger charge is -2.13. The van der Waals surface area contributed by atoms with Crippen molar-refractivity contribution in [3.63, 3.8) is 0 Å². The highest BCUT2D eigenvalue weighted by Crippen LogP contribution is 2.18. The van der Waals surface area contributed by atoms with E-state index in [4.69, 9.17) is 11.6 Å². The van der Waals surface area contributed by atoms with E-state index in [2.05, 4.69) is 22.2 Å². The second kappa shape index (κ2) is 5.10. The van der Waals surface area contributed by atoms with Gasteiger partial charge in [0.2, 0.25) is 5.82 Å². The van der Waals surface area contributed by atoms with E-state index in [1.807, 2.05) is 6.92 Å². The van der Waals surface area contributed by atoms with Gasteiger partial charge in [0.1, 0.15) is 6.33 Å². The van der Waals surface area contributed by atoms with Gasteiger partial charge in [-0.05, 0) is 13.3 Å². The summed E-state index contributed by atoms with van der Waals surface area (Å²) in [5.41, 5.74) is 0. The van der Waals surface area contributed by atoms with E-state index in [0.29, 0.717) is 0 Å². The van der Waals surface area contributed by atoms with Crippen LogP contribution >= 0.6 is 11.6 Å². The average Bonchev–Trinajstić information content (AvgIpc) is 2.13. The number of aromatic nitrogens is 2. The van der Waals surface area contributed by atoms with Gasteiger partial charge in [0, 0.05) is 6.04 Å². The normalized spacial score (nSPS) is 12.6. The van der Waals surface area contributed by atoms with Crippen molar-refractivity contribution in [3.05, 3.63) is 17.3 Å². The molecule has 1 N–H and O–H groups in total. The molecule has 0 aliphatic rings. The number of nitrogens with zero attached hydrogens (tertiary/aromatic N) is 2. The first-order valence-corrected chi connectivity index (χ1v) is 4.95. The van der Waals surface area contributed by atoms with Crippen LogP contribution in [0.5, 0.6) is 0 Å². The third kappa shape index (κ3) is 2.80. The Labute approximate surface area is 87.7 Å². The van der Waals surface area contributed by atoms with Crippen LogP contribution in [-0.4, -0.2) is 16.0 Å². The van der Waals surface area contributed by atoms with Crippen molar-refractivity contribution in [2.24, 2.45) is 0 Å². The van der Waals surface area contributed by atoms with Crippen LogP contribution < -0.4 is 5.32 Å². The molecule has 1 aromatic heterocycles. The lowest BCUT2D eigenvalue weighted by Crippen LogP contribution is -2.16. The van der Waals surface area contributed by atoms with Crippen molar-refractivity contribution in [2.75, 3.05) is 5.32 Å². The molecule has 0 fully saturated rings. The van der Waals surface area contributed by atoms with Gasteiger partial charge in [-0.3, -0.25) is 0 Å². The molecule has 1 rings (SSSR count). The minimum absolute atomic E-state index is 0.147. The summed E-state index contributed by atoms with van der Waals surface area (Å²) in [6.07, 6.45) is 3.24. The highest BCUT2D eigenvalue weighted by molar-refractivity contribution is 6.29. The van der Waals surface area contributed by atoms with Gasteiger partial charge < -0.3 is 5.32 Å². The molecule has 0 spiro atoms. The summed E-state index contributed by atoms with van der Waals surface area (Å²) in [5.74, 6) is -0.414. The van der Waals surface area contributed by atoms with Gasteiger partial charge in [0.25, 0.3) is 0 Å². The molecule has 1 atom stereocenters. The summed E-state index contributed by atoms with van der Waals surface area (Å²) in [4.78, 5) is 7.31. The summed E-state index contributed by atoms with van der Waals surface area (Å²) in [5, 5.41) is 2.79. The first-order chi connectivity index (χ1) is 6.65. The number of halogens is 2. The van der Waals surface area contributed by atoms with E-state index >= 15 is 0 Å². The number of anilines is 1. The van der Waals surface area contributed by atoms with Gasteiger partial charge in [0.15, 0.2) is 11.0 Å². The van der Waals surface area contributed by atoms with Crippen molar-refractivity contribution < 1.29 is 4.39 Å². The summed E-state index contributed by atoms with van der Waals surface area (Å²) >= 11 is 5.51. The van der Waals surface area contributed by atoms with Gasteiger partial charge in [-0.2, -0.15) is 4.39 Å². The highest BCUT2D eigenvalue weighted by Gasteiger charge is 2.10. The average molecular weight is 218 g/mol. The van der Waals surface area contributed by atoms with E-state index in [9.17, 15) is 4.39 Å². The number of nitrogens with one attached hydrogen (secondary N) is 1. The molecule has 0 aromatic carbocycles. The maximum atomic E-state index is 13.3. The largest absolute Gasteiger partial charge is 0.365 e. The zero-order chi connectivity index (χ0) is 10.6. The molecule has 1 heterocycles. The molecular formula is C9H13ClFN3. The number of rotatable bonds is 4. The minimum atomic E-state index is -0.586. The van der Waals surface area contributed by atoms with Crippen LogP contribution in [0.1, 0.15) is 26.7 Å². The maximum absolute atomic E-state index is 13.3. The standard InChI is InChI=1S/C9H13ClFN3/c1-3-4-6(2)14-9-7(11)8(10)12-5-13-9/h5-6H,3-4H2,1-2H3,(H,12,13,14). The first kappa shape index (κ1) is 11.2. The van der Waals surface area contributed by atoms with Gasteiger partial charge in [-0.15, -0.1) is 0 Å². The third-order valence-corrected chi connectivity index (χ3v) is 2.12. The molecule has 3 nitrogen and oxygen atoms in total. The zero-order valence-electron chi connectivity index (χ0n) is 8.22. The van der Waals surface area contributed by atoms with E-state index in [-0.39, 0.29) is 17.0 Å². The SMILES string of the molecule is CCCC(C)Nc1ncnc(Cl)c1F. The Bertz CT molecular complexity index is 306. The smallest absolute Gasteiger partial charge is 0.202 e. The predicted molar refractivity (Wildman–Crippen MR) is 55.0 cm³/mol. The van der Waals surface area contributed by atoms with E-state index < -0.39 is 5.82 Å². The van der Waals surface area contributed by atoms with Crippen LogP contribution in [0.3, 0.4) is 0 Å². The summed E-state index contributed by atoms with van der Waals surface area (Å²) in [6.45, 7) is 4.04. The second-order valence-corrected chi connectivity index (χ2v) is 3.52. The highest BCUT2D eigenvalue weighted by atomic mass is 35.5. The summed E-state index contributed by atoms with van der Waals surface area (Å²) in [7, 11) is 0. The number of hydrogen-bond acceptors (Lipinski definition) is 3. The molecule has 78 valence electrons. The van der Waals surface area contributed by atoms with Crippen molar-refractivity contribution in [3.8, 4) is 0 Å². The van der Waals surface area contributed by atoms with Crippen LogP contribution in [0.2, 0.25) is 5.15 Å². The molecule has 0 amide bonds. The Hall–Kier alpha value is -0.900. The second-order valence-electron chi connectivity index (χ2n) is 3.16. The third-order valence-electron chi connectivity index (χ3n) is 1.85. The molecule has 0 bridgehead atoms. The molecule has 1 unspecified atom stereocenters. The predicted octanol–water partition coefficient (Wildman–Crippen LogP) is 2.87. The van der Waals surface area contributed by atoms with Crippen LogP contribution in [0.25, 0.3) is 0 Å². The maximum Gasteiger partial charge on any atom is 0.202 e. The van der Waals surface area contributed by atoms with Gasteiger partial charge >= 0.3 is 0 Å². The lowest BCUT2D eigenvalue weighted by molar-refractivity contribution is 0.607. The van der Waals surface area contributed by atoms with Crippen LogP contribution in [0.15, 0.2) is 6.33 Å². The molecule has 0 aliphatic carbocycles. The summed E-state index contributed by atoms with van der Waals surface area (Å²) in [6, 6.07) is 0.181. The molecule has 0 saturated carbocycles. The van der Waals surface area contributed by atoms with Crippen molar-refractivity contribution >= 4 is 17.4 Å². The number of hydrogen-bond donors (Lipinski definition) is 1. The van der Waals surface area contributed by atoms with E-state index in [1.165, 1.54) is 6.33 Å². The molecule has 5 heteroatoms. The van der Waals surface area contributed by atoms with Crippen LogP contribution in [0, 0.1) is 5.82 Å². The fourth-order valence-electron chi connectivity index (χ4n) is 1.19. The molecule has 0 radical (unpaired) electrons. The van der Waals surface area contributed by atoms with Gasteiger partial charge in [-0.1, -0.05) is 24.9 Å². The van der Waals surface area contributed by atoms with Crippen LogP contribution in [-0.2, 0) is 0 Å². The van der Waals surface area contributed by atoms with Gasteiger partial charge in [0.05, 0.1) is 0 Å². The monoisotopic (exact) mass is 217 g/mol. The molecule has 14 heavy (non-hydrogen) atoms. The van der Waals surface area contributed by atoms with Crippen LogP contribution in [0.4, 0.5) is 10.2 Å². The molecular weight excluding hydrogens is 205 g/mol. The fourth-order valence-corrected chi connectivity index (χ4v) is 1.32. The van der Waals surface area contributed by atoms with Crippen molar-refractivity contribution in [1.29, 1.82) is 0 Å². The minimum Gasteiger partial charge on any atom is -0.365 e. The van der Waals surface area contributed by atoms with Gasteiger partial charge in [-0.25, -0.2) is 9.97 Å². The van der Waals surface area contributed by atoms with E-state index in [0.717, 1.165) is 12.8 Å². The molecule has 0 saturated heterocycles. The Kier molecular flexibility index (Phi) is 4.07. The zero-order valence-corrected chi connectivity index (χ0v) is 8.98. The molecule has 0 aliphatic heterocycles. The Morgan fingerprint density at radius 1 is 1.57 bits per heavy atom. The summed E-state index contributed by atoms with van der Waals surface area (Å²) < 4.78 is 13.3. The van der Waals surface area contributed by atoms with Crippen molar-refractivity contribution in [2.45, 2.75) is 32.7 Å². The van der Waals surface area contributed by atoms with E-state index in [1.54, 1.807) is 0 Å².